The first-order chi connectivity index (χ1) is 4.77. The van der Waals surface area contributed by atoms with Crippen molar-refractivity contribution < 1.29 is 14.6 Å². The molecular formula is C7H10O3. The first-order valence-corrected chi connectivity index (χ1v) is 3.65. The van der Waals surface area contributed by atoms with E-state index in [4.69, 9.17) is 9.84 Å². The number of ether oxygens (including phenoxy) is 1. The highest BCUT2D eigenvalue weighted by atomic mass is 16.5. The number of aliphatic carboxylic acids is 1. The van der Waals surface area contributed by atoms with Crippen LogP contribution in [-0.4, -0.2) is 23.3 Å². The lowest BCUT2D eigenvalue weighted by atomic mass is 10.0. The van der Waals surface area contributed by atoms with Crippen LogP contribution in [0.25, 0.3) is 0 Å². The Morgan fingerprint density at radius 1 is 1.50 bits per heavy atom. The summed E-state index contributed by atoms with van der Waals surface area (Å²) in [5.41, 5.74) is 0. The van der Waals surface area contributed by atoms with Crippen LogP contribution in [0.1, 0.15) is 19.3 Å². The molecule has 3 heteroatoms. The van der Waals surface area contributed by atoms with Gasteiger partial charge in [-0.25, -0.2) is 4.79 Å². The molecule has 56 valence electrons. The highest BCUT2D eigenvalue weighted by Crippen LogP contribution is 2.39. The molecule has 1 N–H and O–H groups in total. The number of carboxylic acids is 1. The molecule has 0 aromatic carbocycles. The molecule has 2 bridgehead atoms. The van der Waals surface area contributed by atoms with Gasteiger partial charge in [-0.2, -0.15) is 0 Å². The summed E-state index contributed by atoms with van der Waals surface area (Å²) in [5.74, 6) is -0.477. The zero-order chi connectivity index (χ0) is 7.14. The van der Waals surface area contributed by atoms with Crippen molar-refractivity contribution in [3.05, 3.63) is 0 Å². The summed E-state index contributed by atoms with van der Waals surface area (Å²) in [5, 5.41) is 8.61. The summed E-state index contributed by atoms with van der Waals surface area (Å²) in [7, 11) is 0. The van der Waals surface area contributed by atoms with Crippen LogP contribution in [-0.2, 0) is 9.53 Å². The Bertz CT molecular complexity index is 166. The molecule has 3 unspecified atom stereocenters. The van der Waals surface area contributed by atoms with Crippen LogP contribution < -0.4 is 0 Å². The Labute approximate surface area is 59.0 Å². The molecule has 1 saturated carbocycles. The number of fused-ring (bicyclic) bond motifs is 2. The van der Waals surface area contributed by atoms with Crippen LogP contribution in [0.4, 0.5) is 0 Å². The van der Waals surface area contributed by atoms with Crippen molar-refractivity contribution in [1.82, 2.24) is 0 Å². The van der Waals surface area contributed by atoms with Gasteiger partial charge in [-0.3, -0.25) is 0 Å². The number of hydrogen-bond donors (Lipinski definition) is 1. The van der Waals surface area contributed by atoms with E-state index in [9.17, 15) is 4.79 Å². The third kappa shape index (κ3) is 0.736. The summed E-state index contributed by atoms with van der Waals surface area (Å²) < 4.78 is 5.22. The molecule has 10 heavy (non-hydrogen) atoms. The van der Waals surface area contributed by atoms with Crippen molar-refractivity contribution in [2.24, 2.45) is 5.92 Å². The minimum Gasteiger partial charge on any atom is -0.479 e. The second kappa shape index (κ2) is 1.95. The van der Waals surface area contributed by atoms with Crippen LogP contribution in [0.3, 0.4) is 0 Å². The molecule has 0 spiro atoms. The Balaban J connectivity index is 2.08. The van der Waals surface area contributed by atoms with Gasteiger partial charge in [0.15, 0.2) is 6.10 Å². The number of hydrogen-bond acceptors (Lipinski definition) is 2. The predicted octanol–water partition coefficient (Wildman–Crippen LogP) is 0.639. The molecule has 2 fully saturated rings. The van der Waals surface area contributed by atoms with E-state index in [-0.39, 0.29) is 6.10 Å². The van der Waals surface area contributed by atoms with E-state index >= 15 is 0 Å². The molecule has 0 aromatic rings. The topological polar surface area (TPSA) is 46.5 Å². The third-order valence-corrected chi connectivity index (χ3v) is 2.44. The van der Waals surface area contributed by atoms with Crippen LogP contribution >= 0.6 is 0 Å². The highest BCUT2D eigenvalue weighted by Gasteiger charge is 2.44. The van der Waals surface area contributed by atoms with Crippen LogP contribution in [0, 0.1) is 5.92 Å². The monoisotopic (exact) mass is 142 g/mol. The maximum absolute atomic E-state index is 10.5. The van der Waals surface area contributed by atoms with Gasteiger partial charge in [0.2, 0.25) is 0 Å². The van der Waals surface area contributed by atoms with Gasteiger partial charge in [0, 0.05) is 0 Å². The zero-order valence-corrected chi connectivity index (χ0v) is 5.62. The van der Waals surface area contributed by atoms with Crippen LogP contribution in [0.2, 0.25) is 0 Å². The second-order valence-corrected chi connectivity index (χ2v) is 3.09. The Morgan fingerprint density at radius 3 is 2.60 bits per heavy atom. The molecule has 2 rings (SSSR count). The van der Waals surface area contributed by atoms with Crippen molar-refractivity contribution in [2.75, 3.05) is 0 Å². The zero-order valence-electron chi connectivity index (χ0n) is 5.62. The van der Waals surface area contributed by atoms with Gasteiger partial charge in [-0.15, -0.1) is 0 Å². The molecule has 1 saturated heterocycles. The van der Waals surface area contributed by atoms with Gasteiger partial charge in [0.1, 0.15) is 0 Å². The predicted molar refractivity (Wildman–Crippen MR) is 33.6 cm³/mol. The lowest BCUT2D eigenvalue weighted by Crippen LogP contribution is -2.29. The van der Waals surface area contributed by atoms with Crippen molar-refractivity contribution in [3.8, 4) is 0 Å². The molecule has 2 aliphatic rings. The van der Waals surface area contributed by atoms with E-state index < -0.39 is 12.1 Å². The summed E-state index contributed by atoms with van der Waals surface area (Å²) in [6, 6.07) is 0. The van der Waals surface area contributed by atoms with Gasteiger partial charge >= 0.3 is 5.97 Å². The minimum atomic E-state index is -0.785. The largest absolute Gasteiger partial charge is 0.479 e. The molecule has 0 amide bonds. The van der Waals surface area contributed by atoms with E-state index in [1.54, 1.807) is 0 Å². The van der Waals surface area contributed by atoms with E-state index in [2.05, 4.69) is 0 Å². The Morgan fingerprint density at radius 2 is 2.30 bits per heavy atom. The molecule has 1 aliphatic carbocycles. The average molecular weight is 142 g/mol. The maximum Gasteiger partial charge on any atom is 0.333 e. The standard InChI is InChI=1S/C7H10O3/c8-7(9)6-4-1-2-5(3-4)10-6/h4-6H,1-3H2,(H,8,9). The summed E-state index contributed by atoms with van der Waals surface area (Å²) in [4.78, 5) is 10.5. The molecule has 1 heterocycles. The quantitative estimate of drug-likeness (QED) is 0.584. The third-order valence-electron chi connectivity index (χ3n) is 2.44. The minimum absolute atomic E-state index is 0.256. The summed E-state index contributed by atoms with van der Waals surface area (Å²) in [6.45, 7) is 0. The fourth-order valence-corrected chi connectivity index (χ4v) is 1.95. The Kier molecular flexibility index (Phi) is 1.20. The lowest BCUT2D eigenvalue weighted by Gasteiger charge is -2.17. The van der Waals surface area contributed by atoms with Crippen molar-refractivity contribution in [3.63, 3.8) is 0 Å². The van der Waals surface area contributed by atoms with Gasteiger partial charge in [0.05, 0.1) is 6.10 Å². The summed E-state index contributed by atoms with van der Waals surface area (Å²) in [6.07, 6.45) is 2.84. The Hall–Kier alpha value is -0.570. The number of rotatable bonds is 1. The van der Waals surface area contributed by atoms with Crippen molar-refractivity contribution >= 4 is 5.97 Å². The molecular weight excluding hydrogens is 132 g/mol. The fourth-order valence-electron chi connectivity index (χ4n) is 1.95. The van der Waals surface area contributed by atoms with E-state index in [1.165, 1.54) is 0 Å². The fraction of sp³-hybridized carbons (Fsp3) is 0.857. The van der Waals surface area contributed by atoms with Crippen LogP contribution in [0.15, 0.2) is 0 Å². The second-order valence-electron chi connectivity index (χ2n) is 3.09. The molecule has 3 nitrogen and oxygen atoms in total. The highest BCUT2D eigenvalue weighted by molar-refractivity contribution is 5.73. The smallest absolute Gasteiger partial charge is 0.333 e. The molecule has 1 aliphatic heterocycles. The van der Waals surface area contributed by atoms with Crippen molar-refractivity contribution in [1.29, 1.82) is 0 Å². The van der Waals surface area contributed by atoms with Crippen LogP contribution in [0.5, 0.6) is 0 Å². The maximum atomic E-state index is 10.5. The first kappa shape index (κ1) is 6.16. The van der Waals surface area contributed by atoms with Gasteiger partial charge < -0.3 is 9.84 Å². The van der Waals surface area contributed by atoms with Gasteiger partial charge in [-0.1, -0.05) is 0 Å². The van der Waals surface area contributed by atoms with E-state index in [1.807, 2.05) is 0 Å². The van der Waals surface area contributed by atoms with E-state index in [0.29, 0.717) is 5.92 Å². The lowest BCUT2D eigenvalue weighted by molar-refractivity contribution is -0.153. The first-order valence-electron chi connectivity index (χ1n) is 3.65. The summed E-state index contributed by atoms with van der Waals surface area (Å²) >= 11 is 0. The van der Waals surface area contributed by atoms with Gasteiger partial charge in [-0.05, 0) is 25.2 Å². The van der Waals surface area contributed by atoms with Gasteiger partial charge in [0.25, 0.3) is 0 Å². The average Bonchev–Trinajstić information content (AvgIpc) is 2.44. The van der Waals surface area contributed by atoms with Crippen molar-refractivity contribution in [2.45, 2.75) is 31.5 Å². The SMILES string of the molecule is O=C(O)C1OC2CCC1C2. The molecule has 3 atom stereocenters. The molecule has 0 aromatic heterocycles. The normalized spacial score (nSPS) is 44.2. The number of carboxylic acid groups (broad SMARTS) is 1. The molecule has 0 radical (unpaired) electrons. The van der Waals surface area contributed by atoms with E-state index in [0.717, 1.165) is 19.3 Å². The number of carbonyl (C=O) groups is 1.